The first-order valence-corrected chi connectivity index (χ1v) is 9.45. The molecule has 0 radical (unpaired) electrons. The third-order valence-corrected chi connectivity index (χ3v) is 4.63. The summed E-state index contributed by atoms with van der Waals surface area (Å²) in [7, 11) is 1.69. The fourth-order valence-electron chi connectivity index (χ4n) is 3.17. The maximum atomic E-state index is 11.5. The Morgan fingerprint density at radius 1 is 1.15 bits per heavy atom. The Morgan fingerprint density at radius 3 is 2.52 bits per heavy atom. The highest BCUT2D eigenvalue weighted by molar-refractivity contribution is 5.79. The van der Waals surface area contributed by atoms with Gasteiger partial charge >= 0.3 is 0 Å². The smallest absolute Gasteiger partial charge is 0.225 e. The first-order valence-electron chi connectivity index (χ1n) is 9.45. The molecule has 1 aliphatic rings. The van der Waals surface area contributed by atoms with E-state index in [0.29, 0.717) is 6.61 Å². The van der Waals surface area contributed by atoms with Gasteiger partial charge < -0.3 is 14.8 Å². The second-order valence-corrected chi connectivity index (χ2v) is 7.21. The number of carbonyl (C=O) groups excluding carboxylic acids is 1. The average Bonchev–Trinajstić information content (AvgIpc) is 2.63. The number of hydrogen-bond donors (Lipinski definition) is 1. The molecular weight excluding hydrogens is 340 g/mol. The number of ether oxygens (including phenoxy) is 2. The minimum absolute atomic E-state index is 0.130. The van der Waals surface area contributed by atoms with Gasteiger partial charge in [-0.25, -0.2) is 0 Å². The predicted octanol–water partition coefficient (Wildman–Crippen LogP) is 3.23. The van der Waals surface area contributed by atoms with Crippen molar-refractivity contribution in [1.29, 1.82) is 0 Å². The maximum absolute atomic E-state index is 11.5. The standard InChI is InChI=1S/C22H28N2O3/c1-16(2)27-21-7-5-4-6-18(21)15-26-20-10-8-17(9-11-20)12-24-13-19(14-24)22(25)23-3/h4-11,16,19H,12-15H2,1-3H3,(H,23,25). The highest BCUT2D eigenvalue weighted by Gasteiger charge is 2.31. The molecule has 0 saturated carbocycles. The normalized spacial score (nSPS) is 14.7. The third-order valence-electron chi connectivity index (χ3n) is 4.63. The molecule has 3 rings (SSSR count). The molecule has 1 N–H and O–H groups in total. The van der Waals surface area contributed by atoms with Gasteiger partial charge in [0.1, 0.15) is 18.1 Å². The van der Waals surface area contributed by atoms with Crippen LogP contribution in [0.3, 0.4) is 0 Å². The minimum atomic E-state index is 0.130. The van der Waals surface area contributed by atoms with E-state index in [1.165, 1.54) is 5.56 Å². The van der Waals surface area contributed by atoms with Gasteiger partial charge in [0.25, 0.3) is 0 Å². The van der Waals surface area contributed by atoms with Crippen LogP contribution in [0.4, 0.5) is 0 Å². The zero-order chi connectivity index (χ0) is 19.2. The summed E-state index contributed by atoms with van der Waals surface area (Å²) in [5.41, 5.74) is 2.26. The van der Waals surface area contributed by atoms with Gasteiger partial charge in [-0.15, -0.1) is 0 Å². The van der Waals surface area contributed by atoms with Crippen LogP contribution in [0.25, 0.3) is 0 Å². The molecule has 0 aliphatic carbocycles. The summed E-state index contributed by atoms with van der Waals surface area (Å²) in [6.45, 7) is 7.02. The van der Waals surface area contributed by atoms with Gasteiger partial charge in [-0.3, -0.25) is 9.69 Å². The fourth-order valence-corrected chi connectivity index (χ4v) is 3.17. The molecule has 1 heterocycles. The monoisotopic (exact) mass is 368 g/mol. The first kappa shape index (κ1) is 19.2. The van der Waals surface area contributed by atoms with Crippen molar-refractivity contribution < 1.29 is 14.3 Å². The van der Waals surface area contributed by atoms with Crippen LogP contribution >= 0.6 is 0 Å². The summed E-state index contributed by atoms with van der Waals surface area (Å²) in [6.07, 6.45) is 0.134. The Bertz CT molecular complexity index is 752. The average molecular weight is 368 g/mol. The fraction of sp³-hybridized carbons (Fsp3) is 0.409. The van der Waals surface area contributed by atoms with Gasteiger partial charge in [-0.05, 0) is 37.6 Å². The van der Waals surface area contributed by atoms with Crippen LogP contribution in [-0.4, -0.2) is 37.0 Å². The molecule has 0 aromatic heterocycles. The van der Waals surface area contributed by atoms with Crippen molar-refractivity contribution in [3.8, 4) is 11.5 Å². The van der Waals surface area contributed by atoms with Crippen molar-refractivity contribution in [2.24, 2.45) is 5.92 Å². The summed E-state index contributed by atoms with van der Waals surface area (Å²) < 4.78 is 11.8. The van der Waals surface area contributed by atoms with Crippen molar-refractivity contribution >= 4 is 5.91 Å². The molecule has 0 unspecified atom stereocenters. The summed E-state index contributed by atoms with van der Waals surface area (Å²) in [5.74, 6) is 1.97. The van der Waals surface area contributed by atoms with Gasteiger partial charge in [0.15, 0.2) is 0 Å². The van der Waals surface area contributed by atoms with E-state index in [1.54, 1.807) is 7.05 Å². The van der Waals surface area contributed by atoms with Crippen molar-refractivity contribution in [1.82, 2.24) is 10.2 Å². The molecule has 144 valence electrons. The van der Waals surface area contributed by atoms with Gasteiger partial charge in [0.05, 0.1) is 12.0 Å². The zero-order valence-electron chi connectivity index (χ0n) is 16.3. The summed E-state index contributed by atoms with van der Waals surface area (Å²) >= 11 is 0. The number of hydrogen-bond acceptors (Lipinski definition) is 4. The van der Waals surface area contributed by atoms with E-state index in [0.717, 1.165) is 36.7 Å². The summed E-state index contributed by atoms with van der Waals surface area (Å²) in [6, 6.07) is 16.1. The third kappa shape index (κ3) is 5.23. The molecule has 2 aromatic carbocycles. The van der Waals surface area contributed by atoms with Gasteiger partial charge in [0, 0.05) is 32.2 Å². The molecule has 27 heavy (non-hydrogen) atoms. The molecule has 0 spiro atoms. The van der Waals surface area contributed by atoms with Crippen molar-refractivity contribution in [2.75, 3.05) is 20.1 Å². The van der Waals surface area contributed by atoms with Gasteiger partial charge in [0.2, 0.25) is 5.91 Å². The molecular formula is C22H28N2O3. The molecule has 2 aromatic rings. The highest BCUT2D eigenvalue weighted by Crippen LogP contribution is 2.23. The number of carbonyl (C=O) groups is 1. The SMILES string of the molecule is CNC(=O)C1CN(Cc2ccc(OCc3ccccc3OC(C)C)cc2)C1. The molecule has 1 aliphatic heterocycles. The molecule has 1 saturated heterocycles. The van der Waals surface area contributed by atoms with Crippen LogP contribution in [0.1, 0.15) is 25.0 Å². The van der Waals surface area contributed by atoms with Crippen LogP contribution in [0.2, 0.25) is 0 Å². The van der Waals surface area contributed by atoms with E-state index in [9.17, 15) is 4.79 Å². The van der Waals surface area contributed by atoms with E-state index >= 15 is 0 Å². The Kier molecular flexibility index (Phi) is 6.35. The molecule has 5 nitrogen and oxygen atoms in total. The Labute approximate surface area is 161 Å². The largest absolute Gasteiger partial charge is 0.491 e. The number of amides is 1. The number of para-hydroxylation sites is 1. The lowest BCUT2D eigenvalue weighted by Crippen LogP contribution is -2.52. The number of likely N-dealkylation sites (tertiary alicyclic amines) is 1. The lowest BCUT2D eigenvalue weighted by Gasteiger charge is -2.38. The number of benzene rings is 2. The minimum Gasteiger partial charge on any atom is -0.491 e. The van der Waals surface area contributed by atoms with Crippen LogP contribution in [0.15, 0.2) is 48.5 Å². The first-order chi connectivity index (χ1) is 13.0. The maximum Gasteiger partial charge on any atom is 0.225 e. The molecule has 0 atom stereocenters. The van der Waals surface area contributed by atoms with Crippen LogP contribution in [0.5, 0.6) is 11.5 Å². The van der Waals surface area contributed by atoms with E-state index in [4.69, 9.17) is 9.47 Å². The Hall–Kier alpha value is -2.53. The summed E-state index contributed by atoms with van der Waals surface area (Å²) in [4.78, 5) is 13.8. The second kappa shape index (κ2) is 8.91. The van der Waals surface area contributed by atoms with Crippen LogP contribution < -0.4 is 14.8 Å². The lowest BCUT2D eigenvalue weighted by molar-refractivity contribution is -0.129. The zero-order valence-corrected chi connectivity index (χ0v) is 16.3. The van der Waals surface area contributed by atoms with E-state index < -0.39 is 0 Å². The molecule has 0 bridgehead atoms. The second-order valence-electron chi connectivity index (χ2n) is 7.21. The summed E-state index contributed by atoms with van der Waals surface area (Å²) in [5, 5.41) is 2.71. The van der Waals surface area contributed by atoms with Crippen LogP contribution in [0, 0.1) is 5.92 Å². The number of nitrogens with zero attached hydrogens (tertiary/aromatic N) is 1. The number of nitrogens with one attached hydrogen (secondary N) is 1. The Balaban J connectivity index is 1.50. The Morgan fingerprint density at radius 2 is 1.85 bits per heavy atom. The van der Waals surface area contributed by atoms with E-state index in [-0.39, 0.29) is 17.9 Å². The van der Waals surface area contributed by atoms with Crippen molar-refractivity contribution in [2.45, 2.75) is 33.1 Å². The van der Waals surface area contributed by atoms with Crippen molar-refractivity contribution in [3.05, 3.63) is 59.7 Å². The van der Waals surface area contributed by atoms with Gasteiger partial charge in [-0.2, -0.15) is 0 Å². The molecule has 1 amide bonds. The topological polar surface area (TPSA) is 50.8 Å². The van der Waals surface area contributed by atoms with Crippen LogP contribution in [-0.2, 0) is 17.9 Å². The van der Waals surface area contributed by atoms with E-state index in [2.05, 4.69) is 22.3 Å². The molecule has 1 fully saturated rings. The highest BCUT2D eigenvalue weighted by atomic mass is 16.5. The van der Waals surface area contributed by atoms with Gasteiger partial charge in [-0.1, -0.05) is 30.3 Å². The number of rotatable bonds is 8. The predicted molar refractivity (Wildman–Crippen MR) is 106 cm³/mol. The van der Waals surface area contributed by atoms with Crippen molar-refractivity contribution in [3.63, 3.8) is 0 Å². The lowest BCUT2D eigenvalue weighted by atomic mass is 9.98. The quantitative estimate of drug-likeness (QED) is 0.777. The molecule has 5 heteroatoms. The van der Waals surface area contributed by atoms with E-state index in [1.807, 2.05) is 50.2 Å².